The minimum atomic E-state index is -6.13. The Labute approximate surface area is 397 Å². The van der Waals surface area contributed by atoms with Crippen molar-refractivity contribution in [1.29, 1.82) is 10.5 Å². The van der Waals surface area contributed by atoms with Crippen molar-refractivity contribution in [2.24, 2.45) is 0 Å². The lowest BCUT2D eigenvalue weighted by Gasteiger charge is -2.46. The molecular formula is C45H22BF24N3O. The highest BCUT2D eigenvalue weighted by molar-refractivity contribution is 7.20. The molecule has 0 aliphatic heterocycles. The van der Waals surface area contributed by atoms with Crippen molar-refractivity contribution in [3.05, 3.63) is 159 Å². The molecule has 74 heavy (non-hydrogen) atoms. The predicted molar refractivity (Wildman–Crippen MR) is 210 cm³/mol. The highest BCUT2D eigenvalue weighted by atomic mass is 19.4. The van der Waals surface area contributed by atoms with Gasteiger partial charge < -0.3 is 4.42 Å². The van der Waals surface area contributed by atoms with E-state index in [4.69, 9.17) is 14.9 Å². The van der Waals surface area contributed by atoms with Gasteiger partial charge in [0.05, 0.1) is 44.5 Å². The fraction of sp³-hybridized carbons (Fsp3) is 0.222. The van der Waals surface area contributed by atoms with Crippen molar-refractivity contribution < 1.29 is 114 Å². The molecule has 1 aromatic heterocycles. The van der Waals surface area contributed by atoms with Gasteiger partial charge in [-0.2, -0.15) is 142 Å². The molecule has 0 N–H and O–H groups in total. The normalized spacial score (nSPS) is 13.2. The van der Waals surface area contributed by atoms with Gasteiger partial charge in [-0.1, -0.05) is 60.7 Å². The highest BCUT2D eigenvalue weighted by Gasteiger charge is 2.47. The monoisotopic (exact) mass is 1090 g/mol. The van der Waals surface area contributed by atoms with Gasteiger partial charge in [-0.3, -0.25) is 0 Å². The molecule has 4 nitrogen and oxygen atoms in total. The van der Waals surface area contributed by atoms with E-state index in [1.54, 1.807) is 13.3 Å². The maximum atomic E-state index is 14.2. The van der Waals surface area contributed by atoms with Gasteiger partial charge in [0.2, 0.25) is 5.58 Å². The lowest BCUT2D eigenvalue weighted by molar-refractivity contribution is -0.667. The molecule has 0 radical (unpaired) electrons. The van der Waals surface area contributed by atoms with Crippen LogP contribution in [0.4, 0.5) is 105 Å². The molecule has 0 saturated carbocycles. The lowest BCUT2D eigenvalue weighted by Crippen LogP contribution is -2.75. The summed E-state index contributed by atoms with van der Waals surface area (Å²) in [6, 6.07) is 2.59. The third-order valence-corrected chi connectivity index (χ3v) is 11.0. The molecule has 6 aromatic rings. The van der Waals surface area contributed by atoms with E-state index in [-0.39, 0.29) is 5.57 Å². The summed E-state index contributed by atoms with van der Waals surface area (Å²) in [6.45, 7) is 2.25. The Kier molecular flexibility index (Phi) is 15.2. The van der Waals surface area contributed by atoms with Gasteiger partial charge in [0.15, 0.2) is 6.54 Å². The number of hydrogen-bond donors (Lipinski definition) is 0. The van der Waals surface area contributed by atoms with E-state index in [0.717, 1.165) is 16.7 Å². The van der Waals surface area contributed by atoms with Crippen LogP contribution >= 0.6 is 0 Å². The van der Waals surface area contributed by atoms with Crippen LogP contribution in [0.2, 0.25) is 0 Å². The van der Waals surface area contributed by atoms with Gasteiger partial charge in [0.1, 0.15) is 23.9 Å². The highest BCUT2D eigenvalue weighted by Crippen LogP contribution is 2.41. The molecule has 0 unspecified atom stereocenters. The Morgan fingerprint density at radius 3 is 0.892 bits per heavy atom. The first-order valence-corrected chi connectivity index (χ1v) is 19.7. The van der Waals surface area contributed by atoms with Crippen molar-refractivity contribution in [3.63, 3.8) is 0 Å². The summed E-state index contributed by atoms with van der Waals surface area (Å²) >= 11 is 0. The third-order valence-electron chi connectivity index (χ3n) is 11.0. The number of aromatic nitrogens is 1. The Morgan fingerprint density at radius 2 is 0.662 bits per heavy atom. The van der Waals surface area contributed by atoms with Gasteiger partial charge in [0, 0.05) is 11.6 Å². The molecule has 5 aromatic carbocycles. The molecule has 1 heterocycles. The molecule has 0 amide bonds. The number of allylic oxidation sites excluding steroid dienone is 2. The molecule has 0 saturated heterocycles. The Balaban J connectivity index is 0.000000500. The molecule has 0 aliphatic rings. The summed E-state index contributed by atoms with van der Waals surface area (Å²) < 4.78 is 348. The first kappa shape index (κ1) is 57.6. The topological polar surface area (TPSA) is 64.6 Å². The molecule has 394 valence electrons. The van der Waals surface area contributed by atoms with E-state index in [9.17, 15) is 105 Å². The summed E-state index contributed by atoms with van der Waals surface area (Å²) in [6.07, 6.45) is -53.2. The maximum Gasteiger partial charge on any atom is 0.416 e. The molecule has 0 atom stereocenters. The largest absolute Gasteiger partial charge is 0.416 e. The number of para-hydroxylation sites is 2. The van der Waals surface area contributed by atoms with E-state index in [2.05, 4.69) is 0 Å². The second-order valence-corrected chi connectivity index (χ2v) is 15.9. The molecule has 0 fully saturated rings. The van der Waals surface area contributed by atoms with Crippen LogP contribution in [0.3, 0.4) is 0 Å². The second kappa shape index (κ2) is 19.5. The summed E-state index contributed by atoms with van der Waals surface area (Å²) in [7, 11) is 0. The van der Waals surface area contributed by atoms with Crippen molar-refractivity contribution in [1.82, 2.24) is 0 Å². The Bertz CT molecular complexity index is 2730. The Hall–Kier alpha value is -7.33. The van der Waals surface area contributed by atoms with Crippen LogP contribution in [0.5, 0.6) is 0 Å². The smallest absolute Gasteiger partial charge is 0.404 e. The molecule has 29 heteroatoms. The lowest BCUT2D eigenvalue weighted by atomic mass is 9.12. The van der Waals surface area contributed by atoms with Crippen LogP contribution in [0, 0.1) is 22.7 Å². The van der Waals surface area contributed by atoms with Crippen molar-refractivity contribution in [2.45, 2.75) is 62.9 Å². The third kappa shape index (κ3) is 12.5. The zero-order valence-electron chi connectivity index (χ0n) is 35.9. The predicted octanol–water partition coefficient (Wildman–Crippen LogP) is 13.3. The van der Waals surface area contributed by atoms with E-state index in [0.29, 0.717) is 6.54 Å². The number of nitriles is 2. The van der Waals surface area contributed by atoms with Gasteiger partial charge >= 0.3 is 55.8 Å². The van der Waals surface area contributed by atoms with E-state index in [1.807, 2.05) is 41.0 Å². The number of nitrogens with zero attached hydrogens (tertiary/aromatic N) is 3. The summed E-state index contributed by atoms with van der Waals surface area (Å²) in [5, 5.41) is 17.6. The number of halogens is 24. The van der Waals surface area contributed by atoms with E-state index >= 15 is 0 Å². The van der Waals surface area contributed by atoms with Crippen LogP contribution in [0.15, 0.2) is 119 Å². The van der Waals surface area contributed by atoms with E-state index in [1.165, 1.54) is 0 Å². The zero-order valence-corrected chi connectivity index (χ0v) is 35.9. The van der Waals surface area contributed by atoms with E-state index < -0.39 is 195 Å². The van der Waals surface area contributed by atoms with Gasteiger partial charge in [0.25, 0.3) is 5.52 Å². The maximum absolute atomic E-state index is 14.2. The number of rotatable bonds is 6. The number of hydrogen-bond acceptors (Lipinski definition) is 3. The van der Waals surface area contributed by atoms with Crippen LogP contribution in [0.1, 0.15) is 51.4 Å². The fourth-order valence-corrected chi connectivity index (χ4v) is 7.71. The van der Waals surface area contributed by atoms with Gasteiger partial charge in [-0.25, -0.2) is 0 Å². The number of fused-ring (bicyclic) bond motifs is 1. The first-order chi connectivity index (χ1) is 33.5. The molecule has 0 spiro atoms. The van der Waals surface area contributed by atoms with Crippen molar-refractivity contribution >= 4 is 39.1 Å². The van der Waals surface area contributed by atoms with Gasteiger partial charge in [-0.05, 0) is 37.3 Å². The Morgan fingerprint density at radius 1 is 0.419 bits per heavy atom. The van der Waals surface area contributed by atoms with Crippen LogP contribution in [0.25, 0.3) is 11.1 Å². The van der Waals surface area contributed by atoms with Crippen molar-refractivity contribution in [2.75, 3.05) is 0 Å². The minimum Gasteiger partial charge on any atom is -0.404 e. The zero-order chi connectivity index (χ0) is 56.2. The molecule has 0 aliphatic carbocycles. The average Bonchev–Trinajstić information content (AvgIpc) is 3.67. The quantitative estimate of drug-likeness (QED) is 0.0722. The summed E-state index contributed by atoms with van der Waals surface area (Å²) in [4.78, 5) is 0. The minimum absolute atomic E-state index is 0.155. The molecule has 0 bridgehead atoms. The number of alkyl halides is 24. The number of oxazole rings is 1. The fourth-order valence-electron chi connectivity index (χ4n) is 7.71. The summed E-state index contributed by atoms with van der Waals surface area (Å²) in [5.41, 5.74) is -27.6. The first-order valence-electron chi connectivity index (χ1n) is 19.7. The van der Waals surface area contributed by atoms with Crippen LogP contribution < -0.4 is 26.4 Å². The molecule has 6 rings (SSSR count). The second-order valence-electron chi connectivity index (χ2n) is 15.9. The van der Waals surface area contributed by atoms with Crippen LogP contribution in [-0.2, 0) is 56.0 Å². The molecular weight excluding hydrogens is 1070 g/mol. The average molecular weight is 1090 g/mol. The number of benzene rings is 5. The summed E-state index contributed by atoms with van der Waals surface area (Å²) in [5.74, 6) is 0. The standard InChI is InChI=1S/C32H12BF24.C13H10N3O/c34-25(35,36)13-1-14(26(37,38)39)6-21(5-13)33(22-7-15(27(40,41)42)2-16(8-22)28(43,44)45,23-9-17(29(46,47)48)3-18(10-23)30(49,50)51)24-11-19(31(52,53)54)4-20(12-24)32(55,56)57;1-10(11(6-14)7-15)8-16-9-17-13-5-3-2-4-12(13)16/h1-12H;2-5,9H,8H2,1H3/q-1;+1. The SMILES string of the molecule is CC(C[n+]1coc2ccccc21)=C(C#N)C#N.FC(F)(F)c1cc([B-](c2cc(C(F)(F)F)cc(C(F)(F)F)c2)(c2cc(C(F)(F)F)cc(C(F)(F)F)c2)c2cc(C(F)(F)F)cc(C(F)(F)F)c2)cc(C(F)(F)F)c1. The van der Waals surface area contributed by atoms with Gasteiger partial charge in [-0.15, -0.1) is 0 Å². The van der Waals surface area contributed by atoms with Crippen LogP contribution in [-0.4, -0.2) is 6.15 Å². The van der Waals surface area contributed by atoms with Crippen molar-refractivity contribution in [3.8, 4) is 12.1 Å².